The van der Waals surface area contributed by atoms with Crippen LogP contribution in [0.2, 0.25) is 0 Å². The number of rotatable bonds is 6. The van der Waals surface area contributed by atoms with Gasteiger partial charge >= 0.3 is 5.97 Å². The first-order valence-electron chi connectivity index (χ1n) is 7.17. The van der Waals surface area contributed by atoms with Gasteiger partial charge in [0.1, 0.15) is 6.04 Å². The van der Waals surface area contributed by atoms with Crippen LogP contribution in [0.4, 0.5) is 0 Å². The molecule has 2 N–H and O–H groups in total. The van der Waals surface area contributed by atoms with Gasteiger partial charge in [0, 0.05) is 6.42 Å². The highest BCUT2D eigenvalue weighted by molar-refractivity contribution is 5.85. The van der Waals surface area contributed by atoms with Crippen LogP contribution in [0.5, 0.6) is 0 Å². The highest BCUT2D eigenvalue weighted by atomic mass is 16.4. The number of amides is 1. The molecule has 22 heavy (non-hydrogen) atoms. The maximum absolute atomic E-state index is 12.1. The summed E-state index contributed by atoms with van der Waals surface area (Å²) in [7, 11) is 0. The van der Waals surface area contributed by atoms with Crippen molar-refractivity contribution in [3.05, 3.63) is 71.3 Å². The van der Waals surface area contributed by atoms with E-state index in [1.807, 2.05) is 61.5 Å². The minimum absolute atomic E-state index is 0.186. The van der Waals surface area contributed by atoms with Crippen molar-refractivity contribution in [2.75, 3.05) is 0 Å². The number of hydrogen-bond acceptors (Lipinski definition) is 2. The van der Waals surface area contributed by atoms with Crippen LogP contribution in [0.25, 0.3) is 0 Å². The Hall–Kier alpha value is -2.62. The summed E-state index contributed by atoms with van der Waals surface area (Å²) in [5.74, 6) is -1.31. The van der Waals surface area contributed by atoms with Gasteiger partial charge in [-0.15, -0.1) is 0 Å². The SMILES string of the molecule is Cc1ccccc1CC(=O)N[C@H](Cc1ccccc1)C(=O)O. The summed E-state index contributed by atoms with van der Waals surface area (Å²) in [4.78, 5) is 23.4. The zero-order valence-electron chi connectivity index (χ0n) is 12.5. The average molecular weight is 297 g/mol. The highest BCUT2D eigenvalue weighted by Crippen LogP contribution is 2.08. The molecule has 0 aliphatic heterocycles. The second-order valence-corrected chi connectivity index (χ2v) is 5.25. The molecule has 0 spiro atoms. The predicted octanol–water partition coefficient (Wildman–Crippen LogP) is 2.35. The molecule has 0 radical (unpaired) electrons. The monoisotopic (exact) mass is 297 g/mol. The van der Waals surface area contributed by atoms with E-state index >= 15 is 0 Å². The maximum atomic E-state index is 12.1. The molecule has 0 unspecified atom stereocenters. The molecule has 1 amide bonds. The largest absolute Gasteiger partial charge is 0.480 e. The fourth-order valence-corrected chi connectivity index (χ4v) is 2.28. The van der Waals surface area contributed by atoms with Gasteiger partial charge in [-0.2, -0.15) is 0 Å². The van der Waals surface area contributed by atoms with Crippen molar-refractivity contribution in [1.82, 2.24) is 5.32 Å². The van der Waals surface area contributed by atoms with Crippen molar-refractivity contribution >= 4 is 11.9 Å². The molecule has 114 valence electrons. The lowest BCUT2D eigenvalue weighted by molar-refractivity contribution is -0.141. The van der Waals surface area contributed by atoms with Crippen LogP contribution in [0.15, 0.2) is 54.6 Å². The number of carbonyl (C=O) groups excluding carboxylic acids is 1. The maximum Gasteiger partial charge on any atom is 0.326 e. The third kappa shape index (κ3) is 4.45. The van der Waals surface area contributed by atoms with E-state index in [1.54, 1.807) is 0 Å². The Morgan fingerprint density at radius 3 is 2.32 bits per heavy atom. The molecular formula is C18H19NO3. The van der Waals surface area contributed by atoms with Crippen molar-refractivity contribution in [3.63, 3.8) is 0 Å². The molecule has 0 aliphatic carbocycles. The molecule has 2 rings (SSSR count). The number of aryl methyl sites for hydroxylation is 1. The van der Waals surface area contributed by atoms with Crippen LogP contribution in [0, 0.1) is 6.92 Å². The van der Waals surface area contributed by atoms with Crippen molar-refractivity contribution in [1.29, 1.82) is 0 Å². The minimum Gasteiger partial charge on any atom is -0.480 e. The lowest BCUT2D eigenvalue weighted by Crippen LogP contribution is -2.43. The fourth-order valence-electron chi connectivity index (χ4n) is 2.28. The number of hydrogen-bond donors (Lipinski definition) is 2. The summed E-state index contributed by atoms with van der Waals surface area (Å²) >= 11 is 0. The Kier molecular flexibility index (Phi) is 5.31. The molecule has 1 atom stereocenters. The second-order valence-electron chi connectivity index (χ2n) is 5.25. The van der Waals surface area contributed by atoms with E-state index in [9.17, 15) is 14.7 Å². The first-order chi connectivity index (χ1) is 10.6. The summed E-state index contributed by atoms with van der Waals surface area (Å²) in [5.41, 5.74) is 2.81. The molecule has 0 saturated carbocycles. The van der Waals surface area contributed by atoms with Crippen molar-refractivity contribution in [2.45, 2.75) is 25.8 Å². The molecule has 2 aromatic rings. The van der Waals surface area contributed by atoms with Crippen LogP contribution in [0.1, 0.15) is 16.7 Å². The van der Waals surface area contributed by atoms with E-state index < -0.39 is 12.0 Å². The van der Waals surface area contributed by atoms with Gasteiger partial charge in [0.05, 0.1) is 6.42 Å². The van der Waals surface area contributed by atoms with Gasteiger partial charge in [-0.05, 0) is 23.6 Å². The van der Waals surface area contributed by atoms with E-state index in [2.05, 4.69) is 5.32 Å². The predicted molar refractivity (Wildman–Crippen MR) is 84.6 cm³/mol. The first kappa shape index (κ1) is 15.8. The third-order valence-corrected chi connectivity index (χ3v) is 3.53. The van der Waals surface area contributed by atoms with Crippen LogP contribution in [0.3, 0.4) is 0 Å². The summed E-state index contributed by atoms with van der Waals surface area (Å²) in [6, 6.07) is 15.9. The quantitative estimate of drug-likeness (QED) is 0.860. The zero-order valence-corrected chi connectivity index (χ0v) is 12.5. The molecule has 0 aliphatic rings. The van der Waals surface area contributed by atoms with E-state index in [0.717, 1.165) is 16.7 Å². The van der Waals surface area contributed by atoms with Gasteiger partial charge in [0.15, 0.2) is 0 Å². The topological polar surface area (TPSA) is 66.4 Å². The van der Waals surface area contributed by atoms with Crippen molar-refractivity contribution in [3.8, 4) is 0 Å². The van der Waals surface area contributed by atoms with E-state index in [4.69, 9.17) is 0 Å². The van der Waals surface area contributed by atoms with Crippen LogP contribution in [-0.2, 0) is 22.4 Å². The van der Waals surface area contributed by atoms with E-state index in [-0.39, 0.29) is 18.7 Å². The summed E-state index contributed by atoms with van der Waals surface area (Å²) in [5, 5.41) is 11.9. The number of carboxylic acid groups (broad SMARTS) is 1. The minimum atomic E-state index is -1.03. The molecule has 4 heteroatoms. The molecule has 0 bridgehead atoms. The lowest BCUT2D eigenvalue weighted by Gasteiger charge is -2.15. The smallest absolute Gasteiger partial charge is 0.326 e. The Balaban J connectivity index is 2.00. The number of nitrogens with one attached hydrogen (secondary N) is 1. The number of benzene rings is 2. The van der Waals surface area contributed by atoms with Crippen LogP contribution >= 0.6 is 0 Å². The van der Waals surface area contributed by atoms with Gasteiger partial charge < -0.3 is 10.4 Å². The number of aliphatic carboxylic acids is 1. The van der Waals surface area contributed by atoms with Crippen LogP contribution < -0.4 is 5.32 Å². The summed E-state index contributed by atoms with van der Waals surface area (Å²) < 4.78 is 0. The van der Waals surface area contributed by atoms with Gasteiger partial charge in [-0.3, -0.25) is 4.79 Å². The average Bonchev–Trinajstić information content (AvgIpc) is 2.50. The second kappa shape index (κ2) is 7.41. The zero-order chi connectivity index (χ0) is 15.9. The summed E-state index contributed by atoms with van der Waals surface area (Å²) in [6.45, 7) is 1.93. The van der Waals surface area contributed by atoms with E-state index in [1.165, 1.54) is 0 Å². The Morgan fingerprint density at radius 1 is 1.05 bits per heavy atom. The molecule has 0 saturated heterocycles. The standard InChI is InChI=1S/C18H19NO3/c1-13-7-5-6-10-15(13)12-17(20)19-16(18(21)22)11-14-8-3-2-4-9-14/h2-10,16H,11-12H2,1H3,(H,19,20)(H,21,22)/t16-/m1/s1. The molecule has 0 fully saturated rings. The van der Waals surface area contributed by atoms with Gasteiger partial charge in [0.25, 0.3) is 0 Å². The van der Waals surface area contributed by atoms with Gasteiger partial charge in [-0.1, -0.05) is 54.6 Å². The highest BCUT2D eigenvalue weighted by Gasteiger charge is 2.20. The van der Waals surface area contributed by atoms with E-state index in [0.29, 0.717) is 0 Å². The molecular weight excluding hydrogens is 278 g/mol. The Bertz CT molecular complexity index is 652. The van der Waals surface area contributed by atoms with Crippen LogP contribution in [-0.4, -0.2) is 23.0 Å². The normalized spacial score (nSPS) is 11.7. The number of carboxylic acids is 1. The Morgan fingerprint density at radius 2 is 1.68 bits per heavy atom. The van der Waals surface area contributed by atoms with Crippen molar-refractivity contribution < 1.29 is 14.7 Å². The van der Waals surface area contributed by atoms with Gasteiger partial charge in [-0.25, -0.2) is 4.79 Å². The fraction of sp³-hybridized carbons (Fsp3) is 0.222. The third-order valence-electron chi connectivity index (χ3n) is 3.53. The molecule has 4 nitrogen and oxygen atoms in total. The molecule has 0 heterocycles. The molecule has 2 aromatic carbocycles. The van der Waals surface area contributed by atoms with Gasteiger partial charge in [0.2, 0.25) is 5.91 Å². The first-order valence-corrected chi connectivity index (χ1v) is 7.17. The number of carbonyl (C=O) groups is 2. The Labute approximate surface area is 129 Å². The molecule has 0 aromatic heterocycles. The summed E-state index contributed by atoms with van der Waals surface area (Å²) in [6.07, 6.45) is 0.459. The van der Waals surface area contributed by atoms with Crippen molar-refractivity contribution in [2.24, 2.45) is 0 Å². The lowest BCUT2D eigenvalue weighted by atomic mass is 10.0.